The van der Waals surface area contributed by atoms with Gasteiger partial charge < -0.3 is 5.11 Å². The van der Waals surface area contributed by atoms with E-state index in [9.17, 15) is 9.18 Å². The number of aliphatic imine (C=N–C) groups is 1. The molecule has 5 nitrogen and oxygen atoms in total. The van der Waals surface area contributed by atoms with E-state index in [1.54, 1.807) is 19.1 Å². The molecular formula is C11H10FN3O2. The fourth-order valence-electron chi connectivity index (χ4n) is 1.43. The number of carboxylic acid groups (broad SMARTS) is 1. The molecule has 17 heavy (non-hydrogen) atoms. The van der Waals surface area contributed by atoms with Gasteiger partial charge >= 0.3 is 5.97 Å². The van der Waals surface area contributed by atoms with Crippen LogP contribution in [0.2, 0.25) is 0 Å². The van der Waals surface area contributed by atoms with E-state index >= 15 is 0 Å². The second kappa shape index (κ2) is 4.32. The summed E-state index contributed by atoms with van der Waals surface area (Å²) in [6, 6.07) is 5.43. The molecule has 1 heterocycles. The van der Waals surface area contributed by atoms with Gasteiger partial charge in [-0.15, -0.1) is 0 Å². The highest BCUT2D eigenvalue weighted by Crippen LogP contribution is 2.19. The van der Waals surface area contributed by atoms with Crippen molar-refractivity contribution in [2.75, 3.05) is 5.01 Å². The molecule has 1 aromatic carbocycles. The van der Waals surface area contributed by atoms with E-state index < -0.39 is 17.8 Å². The number of hydrogen-bond donors (Lipinski definition) is 1. The SMILES string of the molecule is CC1N=CN(c2ccccc2F)N=C1C(=O)O. The van der Waals surface area contributed by atoms with E-state index in [0.29, 0.717) is 0 Å². The number of hydrogen-bond acceptors (Lipinski definition) is 4. The van der Waals surface area contributed by atoms with Crippen LogP contribution in [0.1, 0.15) is 6.92 Å². The third kappa shape index (κ3) is 2.15. The van der Waals surface area contributed by atoms with E-state index in [1.807, 2.05) is 0 Å². The van der Waals surface area contributed by atoms with Gasteiger partial charge in [-0.25, -0.2) is 14.2 Å². The largest absolute Gasteiger partial charge is 0.477 e. The Bertz CT molecular complexity index is 513. The van der Waals surface area contributed by atoms with Gasteiger partial charge in [-0.2, -0.15) is 5.10 Å². The molecule has 0 saturated heterocycles. The van der Waals surface area contributed by atoms with Crippen molar-refractivity contribution in [1.29, 1.82) is 0 Å². The number of halogens is 1. The molecule has 1 unspecified atom stereocenters. The van der Waals surface area contributed by atoms with Crippen molar-refractivity contribution >= 4 is 23.7 Å². The molecule has 0 spiro atoms. The van der Waals surface area contributed by atoms with E-state index in [2.05, 4.69) is 10.1 Å². The molecule has 0 bridgehead atoms. The predicted octanol–water partition coefficient (Wildman–Crippen LogP) is 1.50. The van der Waals surface area contributed by atoms with Gasteiger partial charge in [0.15, 0.2) is 5.71 Å². The molecule has 0 radical (unpaired) electrons. The van der Waals surface area contributed by atoms with Crippen molar-refractivity contribution in [2.24, 2.45) is 10.1 Å². The quantitative estimate of drug-likeness (QED) is 0.844. The first-order valence-electron chi connectivity index (χ1n) is 4.98. The van der Waals surface area contributed by atoms with Crippen LogP contribution in [0.5, 0.6) is 0 Å². The van der Waals surface area contributed by atoms with E-state index in [1.165, 1.54) is 18.5 Å². The molecule has 1 aromatic rings. The lowest BCUT2D eigenvalue weighted by Gasteiger charge is -2.21. The normalized spacial score (nSPS) is 19.1. The van der Waals surface area contributed by atoms with Gasteiger partial charge in [0.2, 0.25) is 0 Å². The lowest BCUT2D eigenvalue weighted by molar-refractivity contribution is -0.129. The molecule has 0 amide bonds. The van der Waals surface area contributed by atoms with E-state index in [-0.39, 0.29) is 11.4 Å². The first-order chi connectivity index (χ1) is 8.09. The van der Waals surface area contributed by atoms with Crippen molar-refractivity contribution in [3.8, 4) is 0 Å². The minimum Gasteiger partial charge on any atom is -0.477 e. The summed E-state index contributed by atoms with van der Waals surface area (Å²) in [5, 5.41) is 13.9. The highest BCUT2D eigenvalue weighted by atomic mass is 19.1. The Morgan fingerprint density at radius 2 is 2.18 bits per heavy atom. The molecule has 1 atom stereocenters. The average molecular weight is 235 g/mol. The predicted molar refractivity (Wildman–Crippen MR) is 61.9 cm³/mol. The summed E-state index contributed by atoms with van der Waals surface area (Å²) in [4.78, 5) is 14.9. The van der Waals surface area contributed by atoms with Gasteiger partial charge in [-0.3, -0.25) is 4.99 Å². The van der Waals surface area contributed by atoms with Gasteiger partial charge in [-0.1, -0.05) is 12.1 Å². The number of para-hydroxylation sites is 1. The Morgan fingerprint density at radius 3 is 2.82 bits per heavy atom. The van der Waals surface area contributed by atoms with Crippen LogP contribution in [-0.4, -0.2) is 29.2 Å². The molecule has 1 N–H and O–H groups in total. The van der Waals surface area contributed by atoms with E-state index in [4.69, 9.17) is 5.11 Å². The monoisotopic (exact) mass is 235 g/mol. The Morgan fingerprint density at radius 1 is 1.47 bits per heavy atom. The number of carboxylic acids is 1. The average Bonchev–Trinajstić information content (AvgIpc) is 2.30. The molecule has 0 saturated carbocycles. The number of rotatable bonds is 2. The molecule has 88 valence electrons. The van der Waals surface area contributed by atoms with Crippen LogP contribution in [0.4, 0.5) is 10.1 Å². The van der Waals surface area contributed by atoms with Crippen LogP contribution in [0.25, 0.3) is 0 Å². The van der Waals surface area contributed by atoms with Crippen molar-refractivity contribution in [1.82, 2.24) is 0 Å². The van der Waals surface area contributed by atoms with E-state index in [0.717, 1.165) is 5.01 Å². The number of hydrazone groups is 1. The van der Waals surface area contributed by atoms with Crippen LogP contribution < -0.4 is 5.01 Å². The van der Waals surface area contributed by atoms with Gasteiger partial charge in [-0.05, 0) is 19.1 Å². The summed E-state index contributed by atoms with van der Waals surface area (Å²) in [7, 11) is 0. The standard InChI is InChI=1S/C11H10FN3O2/c1-7-10(11(16)17)14-15(6-13-7)9-5-3-2-4-8(9)12/h2-7H,1H3,(H,16,17). The number of nitrogens with zero attached hydrogens (tertiary/aromatic N) is 3. The smallest absolute Gasteiger partial charge is 0.354 e. The summed E-state index contributed by atoms with van der Waals surface area (Å²) in [6.07, 6.45) is 1.32. The van der Waals surface area contributed by atoms with Crippen LogP contribution in [0.15, 0.2) is 34.4 Å². The molecule has 0 aliphatic carbocycles. The highest BCUT2D eigenvalue weighted by Gasteiger charge is 2.23. The fraction of sp³-hybridized carbons (Fsp3) is 0.182. The minimum absolute atomic E-state index is 0.115. The Balaban J connectivity index is 2.39. The Labute approximate surface area is 96.9 Å². The van der Waals surface area contributed by atoms with Crippen molar-refractivity contribution in [2.45, 2.75) is 13.0 Å². The van der Waals surface area contributed by atoms with Crippen molar-refractivity contribution in [3.05, 3.63) is 30.1 Å². The number of aliphatic carboxylic acids is 1. The first kappa shape index (κ1) is 11.3. The zero-order valence-corrected chi connectivity index (χ0v) is 9.04. The molecule has 0 fully saturated rings. The molecule has 6 heteroatoms. The summed E-state index contributed by atoms with van der Waals surface area (Å²) >= 11 is 0. The summed E-state index contributed by atoms with van der Waals surface area (Å²) < 4.78 is 13.5. The molecule has 2 rings (SSSR count). The number of carbonyl (C=O) groups is 1. The Hall–Kier alpha value is -2.24. The van der Waals surface area contributed by atoms with Gasteiger partial charge in [0, 0.05) is 0 Å². The topological polar surface area (TPSA) is 65.3 Å². The molecule has 1 aliphatic heterocycles. The maximum Gasteiger partial charge on any atom is 0.354 e. The Kier molecular flexibility index (Phi) is 2.86. The van der Waals surface area contributed by atoms with Gasteiger partial charge in [0.05, 0.1) is 0 Å². The van der Waals surface area contributed by atoms with Crippen LogP contribution in [0.3, 0.4) is 0 Å². The number of benzene rings is 1. The third-order valence-corrected chi connectivity index (χ3v) is 2.33. The maximum atomic E-state index is 13.5. The van der Waals surface area contributed by atoms with Crippen molar-refractivity contribution in [3.63, 3.8) is 0 Å². The highest BCUT2D eigenvalue weighted by molar-refractivity contribution is 6.38. The third-order valence-electron chi connectivity index (χ3n) is 2.33. The molecule has 1 aliphatic rings. The summed E-state index contributed by atoms with van der Waals surface area (Å²) in [5.41, 5.74) is 0.0534. The fourth-order valence-corrected chi connectivity index (χ4v) is 1.43. The summed E-state index contributed by atoms with van der Waals surface area (Å²) in [6.45, 7) is 1.61. The summed E-state index contributed by atoms with van der Waals surface area (Å²) in [5.74, 6) is -1.64. The van der Waals surface area contributed by atoms with Crippen LogP contribution >= 0.6 is 0 Å². The van der Waals surface area contributed by atoms with Crippen LogP contribution in [0, 0.1) is 5.82 Å². The van der Waals surface area contributed by atoms with Crippen molar-refractivity contribution < 1.29 is 14.3 Å². The van der Waals surface area contributed by atoms with Gasteiger partial charge in [0.25, 0.3) is 0 Å². The van der Waals surface area contributed by atoms with Gasteiger partial charge in [0.1, 0.15) is 23.9 Å². The zero-order chi connectivity index (χ0) is 12.4. The lowest BCUT2D eigenvalue weighted by Crippen LogP contribution is -2.34. The lowest BCUT2D eigenvalue weighted by atomic mass is 10.2. The maximum absolute atomic E-state index is 13.5. The molecule has 0 aromatic heterocycles. The second-order valence-corrected chi connectivity index (χ2v) is 3.53. The second-order valence-electron chi connectivity index (χ2n) is 3.53. The zero-order valence-electron chi connectivity index (χ0n) is 9.04. The number of anilines is 1. The first-order valence-corrected chi connectivity index (χ1v) is 4.98. The minimum atomic E-state index is -1.16. The van der Waals surface area contributed by atoms with Crippen LogP contribution in [-0.2, 0) is 4.79 Å². The molecular weight excluding hydrogens is 225 g/mol.